The van der Waals surface area contributed by atoms with Crippen LogP contribution in [-0.4, -0.2) is 14.3 Å². The third-order valence-corrected chi connectivity index (χ3v) is 8.70. The number of carbonyl (C=O) groups excluding carboxylic acids is 1. The highest BCUT2D eigenvalue weighted by molar-refractivity contribution is 6.75. The summed E-state index contributed by atoms with van der Waals surface area (Å²) in [6.07, 6.45) is 10.6. The zero-order chi connectivity index (χ0) is 13.3. The second-order valence-electron chi connectivity index (χ2n) is 5.74. The summed E-state index contributed by atoms with van der Waals surface area (Å²) in [5, 5.41) is 0. The largest absolute Gasteiger partial charge is 0.519 e. The van der Waals surface area contributed by atoms with Gasteiger partial charge in [0.25, 0.3) is 14.3 Å². The van der Waals surface area contributed by atoms with E-state index < -0.39 is 8.32 Å². The van der Waals surface area contributed by atoms with Crippen LogP contribution in [0.15, 0.2) is 0 Å². The molecule has 2 nitrogen and oxygen atoms in total. The fraction of sp³-hybridized carbons (Fsp3) is 0.933. The summed E-state index contributed by atoms with van der Waals surface area (Å²) in [7, 11) is -1.64. The fourth-order valence-corrected chi connectivity index (χ4v) is 6.57. The quantitative estimate of drug-likeness (QED) is 0.456. The molecule has 1 fully saturated rings. The van der Waals surface area contributed by atoms with Crippen LogP contribution in [0.2, 0.25) is 18.1 Å². The maximum Gasteiger partial charge on any atom is 0.292 e. The van der Waals surface area contributed by atoms with Gasteiger partial charge in [0.15, 0.2) is 0 Å². The number of rotatable bonds is 8. The van der Waals surface area contributed by atoms with Crippen molar-refractivity contribution in [2.24, 2.45) is 0 Å². The Balaban J connectivity index is 2.20. The van der Waals surface area contributed by atoms with Crippen molar-refractivity contribution in [3.8, 4) is 0 Å². The lowest BCUT2D eigenvalue weighted by molar-refractivity contribution is -0.135. The molecule has 1 saturated heterocycles. The number of hydrogen-bond acceptors (Lipinski definition) is 2. The van der Waals surface area contributed by atoms with Gasteiger partial charge in [-0.05, 0) is 24.6 Å². The van der Waals surface area contributed by atoms with E-state index in [4.69, 9.17) is 4.43 Å². The number of carbonyl (C=O) groups is 1. The molecule has 0 unspecified atom stereocenters. The molecule has 0 bridgehead atoms. The standard InChI is InChI=1S/C15H30O2Si/c1-3-5-6-7-9-12-15(16)17-18(4-2)13-10-8-11-14-18/h3-14H2,1-2H3. The third kappa shape index (κ3) is 5.55. The molecule has 1 rings (SSSR count). The van der Waals surface area contributed by atoms with Gasteiger partial charge in [-0.15, -0.1) is 0 Å². The van der Waals surface area contributed by atoms with E-state index in [1.54, 1.807) is 0 Å². The molecule has 0 aromatic heterocycles. The minimum atomic E-state index is -1.64. The van der Waals surface area contributed by atoms with Gasteiger partial charge >= 0.3 is 0 Å². The molecule has 3 heteroatoms. The second-order valence-corrected chi connectivity index (χ2v) is 10.0. The highest BCUT2D eigenvalue weighted by Gasteiger charge is 2.37. The average Bonchev–Trinajstić information content (AvgIpc) is 2.39. The van der Waals surface area contributed by atoms with Crippen molar-refractivity contribution in [3.05, 3.63) is 0 Å². The zero-order valence-electron chi connectivity index (χ0n) is 12.3. The molecule has 0 saturated carbocycles. The van der Waals surface area contributed by atoms with E-state index >= 15 is 0 Å². The first kappa shape index (κ1) is 15.7. The molecule has 1 aliphatic rings. The van der Waals surface area contributed by atoms with Crippen molar-refractivity contribution in [2.45, 2.75) is 89.8 Å². The smallest absolute Gasteiger partial charge is 0.292 e. The van der Waals surface area contributed by atoms with Gasteiger partial charge in [0.05, 0.1) is 0 Å². The van der Waals surface area contributed by atoms with Crippen molar-refractivity contribution in [3.63, 3.8) is 0 Å². The predicted molar refractivity (Wildman–Crippen MR) is 79.2 cm³/mol. The highest BCUT2D eigenvalue weighted by Crippen LogP contribution is 2.32. The molecular weight excluding hydrogens is 240 g/mol. The van der Waals surface area contributed by atoms with E-state index in [0.717, 1.165) is 12.5 Å². The van der Waals surface area contributed by atoms with E-state index in [2.05, 4.69) is 13.8 Å². The van der Waals surface area contributed by atoms with E-state index in [-0.39, 0.29) is 5.97 Å². The first-order valence-corrected chi connectivity index (χ1v) is 10.5. The average molecular weight is 270 g/mol. The monoisotopic (exact) mass is 270 g/mol. The van der Waals surface area contributed by atoms with Gasteiger partial charge in [0, 0.05) is 6.42 Å². The fourth-order valence-electron chi connectivity index (χ4n) is 2.89. The molecular formula is C15H30O2Si. The molecule has 0 radical (unpaired) electrons. The summed E-state index contributed by atoms with van der Waals surface area (Å²) in [6.45, 7) is 4.43. The van der Waals surface area contributed by atoms with Gasteiger partial charge in [0.1, 0.15) is 0 Å². The Morgan fingerprint density at radius 3 is 2.28 bits per heavy atom. The molecule has 106 valence electrons. The minimum absolute atomic E-state index is 0.0990. The molecule has 0 amide bonds. The van der Waals surface area contributed by atoms with Crippen LogP contribution < -0.4 is 0 Å². The van der Waals surface area contributed by atoms with Gasteiger partial charge < -0.3 is 4.43 Å². The van der Waals surface area contributed by atoms with Crippen molar-refractivity contribution < 1.29 is 9.22 Å². The van der Waals surface area contributed by atoms with Crippen LogP contribution in [0.3, 0.4) is 0 Å². The molecule has 0 aromatic rings. The lowest BCUT2D eigenvalue weighted by Gasteiger charge is -2.33. The Morgan fingerprint density at radius 2 is 1.67 bits per heavy atom. The summed E-state index contributed by atoms with van der Waals surface area (Å²) in [6, 6.07) is 3.55. The number of hydrogen-bond donors (Lipinski definition) is 0. The maximum absolute atomic E-state index is 11.9. The lowest BCUT2D eigenvalue weighted by atomic mass is 10.1. The molecule has 0 atom stereocenters. The summed E-state index contributed by atoms with van der Waals surface area (Å²) in [4.78, 5) is 11.9. The summed E-state index contributed by atoms with van der Waals surface area (Å²) < 4.78 is 5.93. The topological polar surface area (TPSA) is 26.3 Å². The van der Waals surface area contributed by atoms with Crippen LogP contribution in [0, 0.1) is 0 Å². The van der Waals surface area contributed by atoms with Crippen molar-refractivity contribution in [2.75, 3.05) is 0 Å². The maximum atomic E-state index is 11.9. The zero-order valence-corrected chi connectivity index (χ0v) is 13.3. The molecule has 0 aliphatic carbocycles. The van der Waals surface area contributed by atoms with Crippen LogP contribution in [-0.2, 0) is 9.22 Å². The van der Waals surface area contributed by atoms with Crippen LogP contribution in [0.25, 0.3) is 0 Å². The summed E-state index contributed by atoms with van der Waals surface area (Å²) in [5.41, 5.74) is 0. The van der Waals surface area contributed by atoms with Crippen LogP contribution in [0.4, 0.5) is 0 Å². The van der Waals surface area contributed by atoms with Gasteiger partial charge in [0.2, 0.25) is 0 Å². The van der Waals surface area contributed by atoms with Gasteiger partial charge in [-0.2, -0.15) is 0 Å². The minimum Gasteiger partial charge on any atom is -0.519 e. The van der Waals surface area contributed by atoms with Crippen molar-refractivity contribution >= 4 is 14.3 Å². The molecule has 0 aromatic carbocycles. The van der Waals surface area contributed by atoms with Gasteiger partial charge in [-0.3, -0.25) is 4.79 Å². The van der Waals surface area contributed by atoms with Crippen molar-refractivity contribution in [1.82, 2.24) is 0 Å². The SMILES string of the molecule is CCCCCCCC(=O)O[Si]1(CC)CCCCC1. The Kier molecular flexibility index (Phi) is 7.64. The van der Waals surface area contributed by atoms with Crippen LogP contribution in [0.5, 0.6) is 0 Å². The van der Waals surface area contributed by atoms with Crippen LogP contribution >= 0.6 is 0 Å². The molecule has 1 heterocycles. The Hall–Kier alpha value is -0.313. The normalized spacial score (nSPS) is 18.6. The lowest BCUT2D eigenvalue weighted by Crippen LogP contribution is -2.41. The van der Waals surface area contributed by atoms with Crippen LogP contribution in [0.1, 0.15) is 71.6 Å². The molecule has 1 aliphatic heterocycles. The van der Waals surface area contributed by atoms with E-state index in [1.807, 2.05) is 0 Å². The summed E-state index contributed by atoms with van der Waals surface area (Å²) >= 11 is 0. The Bertz CT molecular complexity index is 235. The van der Waals surface area contributed by atoms with E-state index in [1.165, 1.54) is 57.0 Å². The van der Waals surface area contributed by atoms with E-state index in [9.17, 15) is 4.79 Å². The molecule has 18 heavy (non-hydrogen) atoms. The van der Waals surface area contributed by atoms with Crippen molar-refractivity contribution in [1.29, 1.82) is 0 Å². The van der Waals surface area contributed by atoms with Gasteiger partial charge in [-0.25, -0.2) is 0 Å². The Morgan fingerprint density at radius 1 is 1.00 bits per heavy atom. The summed E-state index contributed by atoms with van der Waals surface area (Å²) in [5.74, 6) is 0.0990. The first-order valence-electron chi connectivity index (χ1n) is 7.94. The molecule has 0 spiro atoms. The second kappa shape index (κ2) is 8.73. The third-order valence-electron chi connectivity index (χ3n) is 4.22. The van der Waals surface area contributed by atoms with E-state index in [0.29, 0.717) is 6.42 Å². The predicted octanol–water partition coefficient (Wildman–Crippen LogP) is 5.04. The first-order chi connectivity index (χ1) is 8.72. The Labute approximate surface area is 114 Å². The van der Waals surface area contributed by atoms with Gasteiger partial charge in [-0.1, -0.05) is 58.8 Å². The number of unbranched alkanes of at least 4 members (excludes halogenated alkanes) is 4. The highest BCUT2D eigenvalue weighted by atomic mass is 28.4. The molecule has 0 N–H and O–H groups in total.